The van der Waals surface area contributed by atoms with Crippen LogP contribution in [0.2, 0.25) is 0 Å². The summed E-state index contributed by atoms with van der Waals surface area (Å²) in [6.07, 6.45) is 1.17. The zero-order chi connectivity index (χ0) is 20.0. The second-order valence-corrected chi connectivity index (χ2v) is 6.45. The Balaban J connectivity index is 4.83. The quantitative estimate of drug-likeness (QED) is 0.218. The summed E-state index contributed by atoms with van der Waals surface area (Å²) in [7, 11) is 0. The van der Waals surface area contributed by atoms with Crippen molar-refractivity contribution in [1.29, 1.82) is 0 Å². The van der Waals surface area contributed by atoms with E-state index in [-0.39, 0.29) is 31.4 Å². The number of unbranched alkanes of at least 4 members (excludes halogenated alkanes) is 1. The standard InChI is InChI=1S/C17H29NO7S/c1-5-23-14(20)12-26-11-9-8-10-17(18-13(4)19,15(21)24-6-2)16(22)25-7-3/h5-12H2,1-4H3,(H,18,19). The number of amides is 1. The van der Waals surface area contributed by atoms with Crippen molar-refractivity contribution in [1.82, 2.24) is 5.32 Å². The Hall–Kier alpha value is -1.77. The van der Waals surface area contributed by atoms with Crippen LogP contribution in [-0.2, 0) is 33.4 Å². The fourth-order valence-corrected chi connectivity index (χ4v) is 3.02. The number of esters is 3. The summed E-state index contributed by atoms with van der Waals surface area (Å²) >= 11 is 1.41. The average molecular weight is 391 g/mol. The summed E-state index contributed by atoms with van der Waals surface area (Å²) in [4.78, 5) is 47.6. The molecular weight excluding hydrogens is 362 g/mol. The highest BCUT2D eigenvalue weighted by Crippen LogP contribution is 2.21. The molecule has 0 spiro atoms. The molecule has 0 aliphatic rings. The lowest BCUT2D eigenvalue weighted by molar-refractivity contribution is -0.168. The van der Waals surface area contributed by atoms with E-state index in [1.807, 2.05) is 0 Å². The Morgan fingerprint density at radius 3 is 1.88 bits per heavy atom. The lowest BCUT2D eigenvalue weighted by atomic mass is 9.92. The topological polar surface area (TPSA) is 108 Å². The predicted octanol–water partition coefficient (Wildman–Crippen LogP) is 1.45. The first-order valence-corrected chi connectivity index (χ1v) is 9.86. The highest BCUT2D eigenvalue weighted by atomic mass is 32.2. The van der Waals surface area contributed by atoms with Crippen LogP contribution in [0.3, 0.4) is 0 Å². The molecule has 1 amide bonds. The maximum Gasteiger partial charge on any atom is 0.343 e. The molecule has 0 aliphatic carbocycles. The summed E-state index contributed by atoms with van der Waals surface area (Å²) in [6, 6.07) is 0. The monoisotopic (exact) mass is 391 g/mol. The van der Waals surface area contributed by atoms with Gasteiger partial charge in [0.2, 0.25) is 11.4 Å². The van der Waals surface area contributed by atoms with Gasteiger partial charge in [-0.1, -0.05) is 0 Å². The lowest BCUT2D eigenvalue weighted by Gasteiger charge is -2.29. The van der Waals surface area contributed by atoms with E-state index in [0.717, 1.165) is 0 Å². The third-order valence-electron chi connectivity index (χ3n) is 3.25. The highest BCUT2D eigenvalue weighted by molar-refractivity contribution is 7.99. The number of carbonyl (C=O) groups is 4. The van der Waals surface area contributed by atoms with Crippen molar-refractivity contribution in [2.45, 2.75) is 52.5 Å². The highest BCUT2D eigenvalue weighted by Gasteiger charge is 2.49. The third-order valence-corrected chi connectivity index (χ3v) is 4.27. The first-order chi connectivity index (χ1) is 12.3. The maximum absolute atomic E-state index is 12.4. The molecule has 9 heteroatoms. The van der Waals surface area contributed by atoms with Crippen LogP contribution in [0.1, 0.15) is 47.0 Å². The fraction of sp³-hybridized carbons (Fsp3) is 0.765. The number of hydrogen-bond acceptors (Lipinski definition) is 8. The minimum absolute atomic E-state index is 0.0597. The van der Waals surface area contributed by atoms with Gasteiger partial charge in [0, 0.05) is 6.92 Å². The molecule has 0 heterocycles. The minimum atomic E-state index is -1.84. The molecule has 0 radical (unpaired) electrons. The van der Waals surface area contributed by atoms with Gasteiger partial charge in [-0.3, -0.25) is 9.59 Å². The van der Waals surface area contributed by atoms with Crippen molar-refractivity contribution in [3.8, 4) is 0 Å². The fourth-order valence-electron chi connectivity index (χ4n) is 2.21. The van der Waals surface area contributed by atoms with Crippen LogP contribution < -0.4 is 5.32 Å². The Bertz CT molecular complexity index is 464. The molecule has 150 valence electrons. The van der Waals surface area contributed by atoms with Crippen molar-refractivity contribution >= 4 is 35.6 Å². The van der Waals surface area contributed by atoms with E-state index in [4.69, 9.17) is 14.2 Å². The SMILES string of the molecule is CCOC(=O)CSCCCCC(NC(C)=O)(C(=O)OCC)C(=O)OCC. The van der Waals surface area contributed by atoms with E-state index in [9.17, 15) is 19.2 Å². The smallest absolute Gasteiger partial charge is 0.343 e. The molecule has 0 fully saturated rings. The van der Waals surface area contributed by atoms with Gasteiger partial charge in [0.15, 0.2) is 0 Å². The summed E-state index contributed by atoms with van der Waals surface area (Å²) in [5, 5.41) is 2.42. The molecule has 0 bridgehead atoms. The number of ether oxygens (including phenoxy) is 3. The van der Waals surface area contributed by atoms with E-state index < -0.39 is 23.4 Å². The van der Waals surface area contributed by atoms with E-state index >= 15 is 0 Å². The third kappa shape index (κ3) is 8.55. The minimum Gasteiger partial charge on any atom is -0.465 e. The molecule has 1 N–H and O–H groups in total. The molecule has 0 aliphatic heterocycles. The van der Waals surface area contributed by atoms with Gasteiger partial charge < -0.3 is 19.5 Å². The van der Waals surface area contributed by atoms with Gasteiger partial charge in [0.1, 0.15) is 0 Å². The van der Waals surface area contributed by atoms with Crippen molar-refractivity contribution in [3.05, 3.63) is 0 Å². The van der Waals surface area contributed by atoms with Gasteiger partial charge in [-0.25, -0.2) is 9.59 Å². The van der Waals surface area contributed by atoms with Crippen molar-refractivity contribution in [2.75, 3.05) is 31.3 Å². The van der Waals surface area contributed by atoms with E-state index in [2.05, 4.69) is 5.32 Å². The molecule has 0 atom stereocenters. The summed E-state index contributed by atoms with van der Waals surface area (Å²) in [5.74, 6) is -1.55. The van der Waals surface area contributed by atoms with E-state index in [1.165, 1.54) is 18.7 Å². The number of thioether (sulfide) groups is 1. The van der Waals surface area contributed by atoms with Gasteiger partial charge in [0.05, 0.1) is 25.6 Å². The molecule has 0 aromatic heterocycles. The van der Waals surface area contributed by atoms with Crippen LogP contribution in [0, 0.1) is 0 Å². The zero-order valence-electron chi connectivity index (χ0n) is 15.9. The maximum atomic E-state index is 12.4. The van der Waals surface area contributed by atoms with Gasteiger partial charge in [-0.05, 0) is 45.8 Å². The second-order valence-electron chi connectivity index (χ2n) is 5.34. The van der Waals surface area contributed by atoms with E-state index in [1.54, 1.807) is 20.8 Å². The lowest BCUT2D eigenvalue weighted by Crippen LogP contribution is -2.61. The molecule has 0 rings (SSSR count). The molecule has 26 heavy (non-hydrogen) atoms. The number of hydrogen-bond donors (Lipinski definition) is 1. The van der Waals surface area contributed by atoms with Crippen LogP contribution in [0.25, 0.3) is 0 Å². The largest absolute Gasteiger partial charge is 0.465 e. The number of rotatable bonds is 13. The van der Waals surface area contributed by atoms with Crippen molar-refractivity contribution in [2.24, 2.45) is 0 Å². The number of nitrogens with one attached hydrogen (secondary N) is 1. The molecule has 8 nitrogen and oxygen atoms in total. The van der Waals surface area contributed by atoms with Gasteiger partial charge in [0.25, 0.3) is 0 Å². The predicted molar refractivity (Wildman–Crippen MR) is 97.6 cm³/mol. The second kappa shape index (κ2) is 13.4. The Morgan fingerprint density at radius 2 is 1.42 bits per heavy atom. The first-order valence-electron chi connectivity index (χ1n) is 8.70. The molecule has 0 aromatic carbocycles. The van der Waals surface area contributed by atoms with E-state index in [0.29, 0.717) is 25.2 Å². The molecule has 0 aromatic rings. The molecular formula is C17H29NO7S. The number of carbonyl (C=O) groups excluding carboxylic acids is 4. The zero-order valence-corrected chi connectivity index (χ0v) is 16.7. The Kier molecular flexibility index (Phi) is 12.5. The summed E-state index contributed by atoms with van der Waals surface area (Å²) in [5.41, 5.74) is -1.84. The molecule has 0 saturated heterocycles. The van der Waals surface area contributed by atoms with Crippen LogP contribution in [0.5, 0.6) is 0 Å². The van der Waals surface area contributed by atoms with Gasteiger partial charge >= 0.3 is 17.9 Å². The normalized spacial score (nSPS) is 10.8. The van der Waals surface area contributed by atoms with Crippen LogP contribution in [0.4, 0.5) is 0 Å². The van der Waals surface area contributed by atoms with Crippen molar-refractivity contribution in [3.63, 3.8) is 0 Å². The van der Waals surface area contributed by atoms with Gasteiger partial charge in [-0.15, -0.1) is 0 Å². The first kappa shape index (κ1) is 24.2. The van der Waals surface area contributed by atoms with Crippen molar-refractivity contribution < 1.29 is 33.4 Å². The Labute approximate surface area is 158 Å². The molecule has 0 saturated carbocycles. The Morgan fingerprint density at radius 1 is 0.885 bits per heavy atom. The van der Waals surface area contributed by atoms with Gasteiger partial charge in [-0.2, -0.15) is 11.8 Å². The summed E-state index contributed by atoms with van der Waals surface area (Å²) < 4.78 is 14.8. The van der Waals surface area contributed by atoms with Crippen LogP contribution in [0.15, 0.2) is 0 Å². The van der Waals surface area contributed by atoms with Crippen LogP contribution in [-0.4, -0.2) is 60.7 Å². The summed E-state index contributed by atoms with van der Waals surface area (Å²) in [6.45, 7) is 6.71. The van der Waals surface area contributed by atoms with Crippen LogP contribution >= 0.6 is 11.8 Å². The molecule has 0 unspecified atom stereocenters. The average Bonchev–Trinajstić information content (AvgIpc) is 2.57.